The van der Waals surface area contributed by atoms with Crippen LogP contribution in [-0.2, 0) is 13.1 Å². The van der Waals surface area contributed by atoms with E-state index in [1.807, 2.05) is 4.90 Å². The van der Waals surface area contributed by atoms with Crippen LogP contribution in [0.1, 0.15) is 40.8 Å². The molecule has 0 aliphatic carbocycles. The van der Waals surface area contributed by atoms with Gasteiger partial charge in [0.2, 0.25) is 0 Å². The van der Waals surface area contributed by atoms with E-state index in [1.165, 1.54) is 0 Å². The standard InChI is InChI=1S/C18H22ClN5O2/c1-26-14-4-2-3-13(19)16(14)18(25)23-8-5-12(6-9-23)17-22-21-15-11-20-7-10-24(15)17/h2-4,12,20H,5-11H2,1H3. The van der Waals surface area contributed by atoms with E-state index in [2.05, 4.69) is 20.1 Å². The van der Waals surface area contributed by atoms with E-state index in [0.717, 1.165) is 44.1 Å². The van der Waals surface area contributed by atoms with Crippen molar-refractivity contribution in [1.29, 1.82) is 0 Å². The Morgan fingerprint density at radius 1 is 1.27 bits per heavy atom. The fourth-order valence-electron chi connectivity index (χ4n) is 3.80. The number of hydrogen-bond donors (Lipinski definition) is 1. The molecule has 1 aromatic heterocycles. The summed E-state index contributed by atoms with van der Waals surface area (Å²) in [7, 11) is 1.55. The zero-order valence-corrected chi connectivity index (χ0v) is 15.5. The average Bonchev–Trinajstić information content (AvgIpc) is 3.11. The van der Waals surface area contributed by atoms with E-state index in [1.54, 1.807) is 25.3 Å². The molecule has 0 atom stereocenters. The lowest BCUT2D eigenvalue weighted by molar-refractivity contribution is 0.0707. The molecule has 2 aliphatic heterocycles. The van der Waals surface area contributed by atoms with E-state index >= 15 is 0 Å². The highest BCUT2D eigenvalue weighted by Gasteiger charge is 2.30. The van der Waals surface area contributed by atoms with E-state index in [9.17, 15) is 4.79 Å². The molecule has 1 fully saturated rings. The zero-order chi connectivity index (χ0) is 18.1. The number of nitrogens with one attached hydrogen (secondary N) is 1. The molecular formula is C18H22ClN5O2. The van der Waals surface area contributed by atoms with Gasteiger partial charge in [-0.25, -0.2) is 0 Å². The van der Waals surface area contributed by atoms with Crippen molar-refractivity contribution in [3.63, 3.8) is 0 Å². The molecule has 1 N–H and O–H groups in total. The van der Waals surface area contributed by atoms with Gasteiger partial charge in [-0.15, -0.1) is 10.2 Å². The number of benzene rings is 1. The molecule has 2 aromatic rings. The summed E-state index contributed by atoms with van der Waals surface area (Å²) in [5.74, 6) is 2.85. The van der Waals surface area contributed by atoms with Gasteiger partial charge < -0.3 is 19.5 Å². The summed E-state index contributed by atoms with van der Waals surface area (Å²) in [5.41, 5.74) is 0.445. The Labute approximate surface area is 157 Å². The highest BCUT2D eigenvalue weighted by atomic mass is 35.5. The molecule has 1 amide bonds. The number of carbonyl (C=O) groups excluding carboxylic acids is 1. The summed E-state index contributed by atoms with van der Waals surface area (Å²) >= 11 is 6.26. The first-order valence-corrected chi connectivity index (χ1v) is 9.31. The smallest absolute Gasteiger partial charge is 0.259 e. The van der Waals surface area contributed by atoms with Crippen molar-refractivity contribution in [1.82, 2.24) is 25.0 Å². The minimum atomic E-state index is -0.0710. The van der Waals surface area contributed by atoms with Crippen LogP contribution in [0, 0.1) is 0 Å². The number of aromatic nitrogens is 3. The van der Waals surface area contributed by atoms with Crippen molar-refractivity contribution in [3.05, 3.63) is 40.4 Å². The maximum Gasteiger partial charge on any atom is 0.259 e. The lowest BCUT2D eigenvalue weighted by Gasteiger charge is -2.32. The first-order chi connectivity index (χ1) is 12.7. The molecule has 4 rings (SSSR count). The van der Waals surface area contributed by atoms with Crippen molar-refractivity contribution in [2.75, 3.05) is 26.7 Å². The van der Waals surface area contributed by atoms with Crippen LogP contribution in [-0.4, -0.2) is 52.3 Å². The van der Waals surface area contributed by atoms with Gasteiger partial charge in [0.15, 0.2) is 0 Å². The van der Waals surface area contributed by atoms with Crippen molar-refractivity contribution >= 4 is 17.5 Å². The third kappa shape index (κ3) is 3.05. The molecule has 138 valence electrons. The minimum Gasteiger partial charge on any atom is -0.496 e. The maximum absolute atomic E-state index is 12.9. The number of fused-ring (bicyclic) bond motifs is 1. The Hall–Kier alpha value is -2.12. The fourth-order valence-corrected chi connectivity index (χ4v) is 4.04. The number of methoxy groups -OCH3 is 1. The van der Waals surface area contributed by atoms with Crippen LogP contribution in [0.15, 0.2) is 18.2 Å². The highest BCUT2D eigenvalue weighted by molar-refractivity contribution is 6.34. The first kappa shape index (κ1) is 17.3. The van der Waals surface area contributed by atoms with E-state index in [0.29, 0.717) is 35.3 Å². The molecule has 2 aliphatic rings. The van der Waals surface area contributed by atoms with E-state index in [4.69, 9.17) is 16.3 Å². The second kappa shape index (κ2) is 7.25. The largest absolute Gasteiger partial charge is 0.496 e. The molecule has 1 aromatic carbocycles. The van der Waals surface area contributed by atoms with Gasteiger partial charge in [-0.3, -0.25) is 4.79 Å². The topological polar surface area (TPSA) is 72.3 Å². The van der Waals surface area contributed by atoms with Gasteiger partial charge >= 0.3 is 0 Å². The molecule has 0 spiro atoms. The van der Waals surface area contributed by atoms with Crippen LogP contribution in [0.4, 0.5) is 0 Å². The lowest BCUT2D eigenvalue weighted by Crippen LogP contribution is -2.39. The summed E-state index contributed by atoms with van der Waals surface area (Å²) < 4.78 is 7.55. The second-order valence-corrected chi connectivity index (χ2v) is 7.09. The number of carbonyl (C=O) groups is 1. The van der Waals surface area contributed by atoms with Gasteiger partial charge in [-0.2, -0.15) is 0 Å². The summed E-state index contributed by atoms with van der Waals surface area (Å²) in [6, 6.07) is 5.27. The van der Waals surface area contributed by atoms with E-state index < -0.39 is 0 Å². The number of likely N-dealkylation sites (tertiary alicyclic amines) is 1. The maximum atomic E-state index is 12.9. The van der Waals surface area contributed by atoms with Crippen molar-refractivity contribution in [2.24, 2.45) is 0 Å². The van der Waals surface area contributed by atoms with Crippen LogP contribution in [0.2, 0.25) is 5.02 Å². The molecule has 3 heterocycles. The van der Waals surface area contributed by atoms with Gasteiger partial charge in [-0.05, 0) is 25.0 Å². The quantitative estimate of drug-likeness (QED) is 0.889. The number of halogens is 1. The molecular weight excluding hydrogens is 354 g/mol. The molecule has 0 radical (unpaired) electrons. The monoisotopic (exact) mass is 375 g/mol. The number of piperidine rings is 1. The van der Waals surface area contributed by atoms with Crippen LogP contribution in [0.25, 0.3) is 0 Å². The number of hydrogen-bond acceptors (Lipinski definition) is 5. The minimum absolute atomic E-state index is 0.0710. The van der Waals surface area contributed by atoms with Crippen molar-refractivity contribution < 1.29 is 9.53 Å². The summed E-state index contributed by atoms with van der Waals surface area (Å²) in [5, 5.41) is 12.5. The molecule has 0 saturated carbocycles. The van der Waals surface area contributed by atoms with E-state index in [-0.39, 0.29) is 5.91 Å². The average molecular weight is 376 g/mol. The molecule has 0 unspecified atom stereocenters. The van der Waals surface area contributed by atoms with Crippen molar-refractivity contribution in [2.45, 2.75) is 31.8 Å². The third-order valence-corrected chi connectivity index (χ3v) is 5.52. The predicted molar refractivity (Wildman–Crippen MR) is 97.6 cm³/mol. The van der Waals surface area contributed by atoms with Crippen LogP contribution < -0.4 is 10.1 Å². The Bertz CT molecular complexity index is 814. The van der Waals surface area contributed by atoms with Gasteiger partial charge in [-0.1, -0.05) is 17.7 Å². The van der Waals surface area contributed by atoms with Crippen molar-refractivity contribution in [3.8, 4) is 5.75 Å². The number of ether oxygens (including phenoxy) is 1. The van der Waals surface area contributed by atoms with Crippen LogP contribution in [0.3, 0.4) is 0 Å². The lowest BCUT2D eigenvalue weighted by atomic mass is 9.95. The Balaban J connectivity index is 1.47. The summed E-state index contributed by atoms with van der Waals surface area (Å²) in [6.45, 7) is 3.99. The number of nitrogens with zero attached hydrogens (tertiary/aromatic N) is 4. The SMILES string of the molecule is COc1cccc(Cl)c1C(=O)N1CCC(c2nnc3n2CCNC3)CC1. The molecule has 26 heavy (non-hydrogen) atoms. The van der Waals surface area contributed by atoms with Gasteiger partial charge in [0, 0.05) is 32.1 Å². The summed E-state index contributed by atoms with van der Waals surface area (Å²) in [4.78, 5) is 14.8. The first-order valence-electron chi connectivity index (χ1n) is 8.93. The molecule has 0 bridgehead atoms. The predicted octanol–water partition coefficient (Wildman–Crippen LogP) is 2.06. The van der Waals surface area contributed by atoms with Gasteiger partial charge in [0.1, 0.15) is 23.0 Å². The number of rotatable bonds is 3. The zero-order valence-electron chi connectivity index (χ0n) is 14.7. The van der Waals surface area contributed by atoms with Crippen LogP contribution in [0.5, 0.6) is 5.75 Å². The van der Waals surface area contributed by atoms with Gasteiger partial charge in [0.05, 0.1) is 18.7 Å². The second-order valence-electron chi connectivity index (χ2n) is 6.69. The Morgan fingerprint density at radius 3 is 2.85 bits per heavy atom. The van der Waals surface area contributed by atoms with Gasteiger partial charge in [0.25, 0.3) is 5.91 Å². The van der Waals surface area contributed by atoms with Crippen LogP contribution >= 0.6 is 11.6 Å². The summed E-state index contributed by atoms with van der Waals surface area (Å²) in [6.07, 6.45) is 1.76. The fraction of sp³-hybridized carbons (Fsp3) is 0.500. The highest BCUT2D eigenvalue weighted by Crippen LogP contribution is 2.32. The number of amides is 1. The molecule has 1 saturated heterocycles. The molecule has 7 nitrogen and oxygen atoms in total. The Morgan fingerprint density at radius 2 is 2.08 bits per heavy atom. The molecule has 8 heteroatoms. The third-order valence-electron chi connectivity index (χ3n) is 5.21. The Kier molecular flexibility index (Phi) is 4.82. The normalized spacial score (nSPS) is 17.8.